The van der Waals surface area contributed by atoms with Crippen LogP contribution >= 0.6 is 27.5 Å². The molecule has 0 saturated carbocycles. The number of nitrogens with one attached hydrogen (secondary N) is 1. The van der Waals surface area contributed by atoms with Gasteiger partial charge in [-0.2, -0.15) is 0 Å². The molecule has 4 aromatic rings. The standard InChI is InChI=1S/C22H15BrClFN4O/c1-13-2-9-17(12-19(13)24)26-22(30)20-27-21(14-3-7-16(25)8-4-14)29(28-20)18-10-5-15(23)6-11-18/h2-12H,1H3,(H,26,30). The highest BCUT2D eigenvalue weighted by atomic mass is 79.9. The Morgan fingerprint density at radius 1 is 1.07 bits per heavy atom. The fourth-order valence-electron chi connectivity index (χ4n) is 2.81. The van der Waals surface area contributed by atoms with E-state index >= 15 is 0 Å². The van der Waals surface area contributed by atoms with Gasteiger partial charge in [0.1, 0.15) is 5.82 Å². The van der Waals surface area contributed by atoms with Gasteiger partial charge < -0.3 is 5.32 Å². The van der Waals surface area contributed by atoms with Crippen molar-refractivity contribution in [2.75, 3.05) is 5.32 Å². The highest BCUT2D eigenvalue weighted by Crippen LogP contribution is 2.24. The summed E-state index contributed by atoms with van der Waals surface area (Å²) in [6, 6.07) is 18.5. The molecular formula is C22H15BrClFN4O. The SMILES string of the molecule is Cc1ccc(NC(=O)c2nc(-c3ccc(F)cc3)n(-c3ccc(Br)cc3)n2)cc1Cl. The third kappa shape index (κ3) is 4.27. The minimum Gasteiger partial charge on any atom is -0.319 e. The molecule has 1 N–H and O–H groups in total. The van der Waals surface area contributed by atoms with E-state index in [1.165, 1.54) is 12.1 Å². The Labute approximate surface area is 185 Å². The molecule has 4 rings (SSSR count). The minimum absolute atomic E-state index is 0.0195. The van der Waals surface area contributed by atoms with Crippen LogP contribution in [0.5, 0.6) is 0 Å². The zero-order valence-corrected chi connectivity index (χ0v) is 18.1. The van der Waals surface area contributed by atoms with Gasteiger partial charge in [-0.15, -0.1) is 5.10 Å². The second-order valence-corrected chi connectivity index (χ2v) is 7.90. The predicted octanol–water partition coefficient (Wildman–Crippen LogP) is 6.05. The monoisotopic (exact) mass is 484 g/mol. The lowest BCUT2D eigenvalue weighted by molar-refractivity contribution is 0.101. The van der Waals surface area contributed by atoms with E-state index in [0.29, 0.717) is 27.8 Å². The van der Waals surface area contributed by atoms with E-state index in [4.69, 9.17) is 11.6 Å². The van der Waals surface area contributed by atoms with E-state index in [1.807, 2.05) is 37.3 Å². The molecule has 0 radical (unpaired) electrons. The van der Waals surface area contributed by atoms with Crippen molar-refractivity contribution < 1.29 is 9.18 Å². The topological polar surface area (TPSA) is 59.8 Å². The largest absolute Gasteiger partial charge is 0.319 e. The smallest absolute Gasteiger partial charge is 0.295 e. The number of benzene rings is 3. The maximum absolute atomic E-state index is 13.4. The van der Waals surface area contributed by atoms with Crippen molar-refractivity contribution in [3.05, 3.63) is 93.4 Å². The van der Waals surface area contributed by atoms with Crippen LogP contribution in [-0.4, -0.2) is 20.7 Å². The second-order valence-electron chi connectivity index (χ2n) is 6.57. The molecule has 5 nitrogen and oxygen atoms in total. The fourth-order valence-corrected chi connectivity index (χ4v) is 3.26. The van der Waals surface area contributed by atoms with Gasteiger partial charge >= 0.3 is 0 Å². The van der Waals surface area contributed by atoms with Crippen LogP contribution in [0.25, 0.3) is 17.1 Å². The molecule has 0 unspecified atom stereocenters. The number of carbonyl (C=O) groups is 1. The van der Waals surface area contributed by atoms with Gasteiger partial charge in [-0.1, -0.05) is 33.6 Å². The molecule has 1 amide bonds. The number of amides is 1. The molecule has 1 aromatic heterocycles. The highest BCUT2D eigenvalue weighted by molar-refractivity contribution is 9.10. The van der Waals surface area contributed by atoms with E-state index in [1.54, 1.807) is 28.9 Å². The van der Waals surface area contributed by atoms with Crippen molar-refractivity contribution in [2.45, 2.75) is 6.92 Å². The lowest BCUT2D eigenvalue weighted by Gasteiger charge is -2.06. The lowest BCUT2D eigenvalue weighted by atomic mass is 10.2. The second kappa shape index (κ2) is 8.38. The van der Waals surface area contributed by atoms with Crippen LogP contribution in [0.15, 0.2) is 71.2 Å². The number of carbonyl (C=O) groups excluding carboxylic acids is 1. The van der Waals surface area contributed by atoms with E-state index in [2.05, 4.69) is 31.3 Å². The number of rotatable bonds is 4. The van der Waals surface area contributed by atoms with Gasteiger partial charge in [0.2, 0.25) is 5.82 Å². The van der Waals surface area contributed by atoms with Gasteiger partial charge in [0.05, 0.1) is 5.69 Å². The summed E-state index contributed by atoms with van der Waals surface area (Å²) in [7, 11) is 0. The van der Waals surface area contributed by atoms with Crippen LogP contribution in [0.4, 0.5) is 10.1 Å². The Morgan fingerprint density at radius 2 is 1.77 bits per heavy atom. The first-order valence-electron chi connectivity index (χ1n) is 8.97. The molecule has 0 aliphatic rings. The van der Waals surface area contributed by atoms with Crippen LogP contribution in [0.1, 0.15) is 16.2 Å². The summed E-state index contributed by atoms with van der Waals surface area (Å²) < 4.78 is 15.8. The molecule has 1 heterocycles. The van der Waals surface area contributed by atoms with Crippen molar-refractivity contribution in [3.8, 4) is 17.1 Å². The van der Waals surface area contributed by atoms with Gasteiger partial charge in [-0.3, -0.25) is 4.79 Å². The van der Waals surface area contributed by atoms with Crippen molar-refractivity contribution in [1.82, 2.24) is 14.8 Å². The van der Waals surface area contributed by atoms with E-state index in [0.717, 1.165) is 10.0 Å². The van der Waals surface area contributed by atoms with Crippen LogP contribution in [0.3, 0.4) is 0 Å². The Hall–Kier alpha value is -3.03. The average Bonchev–Trinajstić information content (AvgIpc) is 3.17. The van der Waals surface area contributed by atoms with E-state index in [-0.39, 0.29) is 11.6 Å². The number of hydrogen-bond acceptors (Lipinski definition) is 3. The molecule has 0 atom stereocenters. The average molecular weight is 486 g/mol. The van der Waals surface area contributed by atoms with Gasteiger partial charge in [0.25, 0.3) is 5.91 Å². The summed E-state index contributed by atoms with van der Waals surface area (Å²) in [5.41, 5.74) is 2.79. The van der Waals surface area contributed by atoms with Crippen LogP contribution in [0, 0.1) is 12.7 Å². The molecular weight excluding hydrogens is 471 g/mol. The van der Waals surface area contributed by atoms with Gasteiger partial charge in [-0.25, -0.2) is 14.1 Å². The van der Waals surface area contributed by atoms with Gasteiger partial charge in [0.15, 0.2) is 5.82 Å². The molecule has 0 spiro atoms. The summed E-state index contributed by atoms with van der Waals surface area (Å²) in [4.78, 5) is 17.2. The first-order chi connectivity index (χ1) is 14.4. The Kier molecular flexibility index (Phi) is 5.65. The van der Waals surface area contributed by atoms with E-state index < -0.39 is 5.91 Å². The molecule has 3 aromatic carbocycles. The Balaban J connectivity index is 1.74. The molecule has 0 bridgehead atoms. The number of halogens is 3. The fraction of sp³-hybridized carbons (Fsp3) is 0.0455. The third-order valence-corrected chi connectivity index (χ3v) is 5.35. The molecule has 150 valence electrons. The minimum atomic E-state index is -0.478. The number of nitrogens with zero attached hydrogens (tertiary/aromatic N) is 3. The number of anilines is 1. The zero-order chi connectivity index (χ0) is 21.3. The highest BCUT2D eigenvalue weighted by Gasteiger charge is 2.19. The van der Waals surface area contributed by atoms with Gasteiger partial charge in [-0.05, 0) is 73.2 Å². The zero-order valence-electron chi connectivity index (χ0n) is 15.7. The summed E-state index contributed by atoms with van der Waals surface area (Å²) in [5, 5.41) is 7.70. The summed E-state index contributed by atoms with van der Waals surface area (Å²) in [5.74, 6) is -0.435. The number of aromatic nitrogens is 3. The quantitative estimate of drug-likeness (QED) is 0.383. The molecule has 30 heavy (non-hydrogen) atoms. The van der Waals surface area contributed by atoms with Gasteiger partial charge in [0, 0.05) is 20.7 Å². The first-order valence-corrected chi connectivity index (χ1v) is 10.1. The first kappa shape index (κ1) is 20.3. The summed E-state index contributed by atoms with van der Waals surface area (Å²) in [6.07, 6.45) is 0. The summed E-state index contributed by atoms with van der Waals surface area (Å²) in [6.45, 7) is 1.88. The predicted molar refractivity (Wildman–Crippen MR) is 119 cm³/mol. The number of hydrogen-bond donors (Lipinski definition) is 1. The third-order valence-electron chi connectivity index (χ3n) is 4.41. The maximum atomic E-state index is 13.4. The van der Waals surface area contributed by atoms with Crippen molar-refractivity contribution in [2.24, 2.45) is 0 Å². The lowest BCUT2D eigenvalue weighted by Crippen LogP contribution is -2.14. The van der Waals surface area contributed by atoms with Crippen LogP contribution < -0.4 is 5.32 Å². The molecule has 0 saturated heterocycles. The normalized spacial score (nSPS) is 10.8. The van der Waals surface area contributed by atoms with Crippen molar-refractivity contribution in [1.29, 1.82) is 0 Å². The van der Waals surface area contributed by atoms with Crippen molar-refractivity contribution in [3.63, 3.8) is 0 Å². The van der Waals surface area contributed by atoms with Crippen LogP contribution in [-0.2, 0) is 0 Å². The molecule has 8 heteroatoms. The van der Waals surface area contributed by atoms with Crippen LogP contribution in [0.2, 0.25) is 5.02 Å². The Morgan fingerprint density at radius 3 is 2.43 bits per heavy atom. The van der Waals surface area contributed by atoms with Crippen molar-refractivity contribution >= 4 is 39.1 Å². The van der Waals surface area contributed by atoms with E-state index in [9.17, 15) is 9.18 Å². The maximum Gasteiger partial charge on any atom is 0.295 e. The number of aryl methyl sites for hydroxylation is 1. The Bertz CT molecular complexity index is 1160. The summed E-state index contributed by atoms with van der Waals surface area (Å²) >= 11 is 9.54. The molecule has 0 aliphatic carbocycles. The molecule has 0 fully saturated rings. The molecule has 0 aliphatic heterocycles.